The van der Waals surface area contributed by atoms with E-state index in [-0.39, 0.29) is 23.3 Å². The van der Waals surface area contributed by atoms with Crippen LogP contribution in [-0.4, -0.2) is 47.5 Å². The summed E-state index contributed by atoms with van der Waals surface area (Å²) < 4.78 is 42.2. The van der Waals surface area contributed by atoms with Gasteiger partial charge in [-0.2, -0.15) is 13.2 Å². The lowest BCUT2D eigenvalue weighted by Crippen LogP contribution is -2.40. The molecule has 106 valence electrons. The fourth-order valence-corrected chi connectivity index (χ4v) is 1.89. The Morgan fingerprint density at radius 3 is 2.74 bits per heavy atom. The zero-order valence-corrected chi connectivity index (χ0v) is 11.7. The van der Waals surface area contributed by atoms with Gasteiger partial charge in [0.2, 0.25) is 5.88 Å². The van der Waals surface area contributed by atoms with Crippen molar-refractivity contribution in [2.75, 3.05) is 25.5 Å². The van der Waals surface area contributed by atoms with Crippen LogP contribution in [0.15, 0.2) is 18.3 Å². The topological polar surface area (TPSA) is 42.4 Å². The molecule has 0 atom stereocenters. The molecule has 0 unspecified atom stereocenters. The molecule has 0 bridgehead atoms. The first kappa shape index (κ1) is 15.7. The summed E-state index contributed by atoms with van der Waals surface area (Å²) in [4.78, 5) is 16.6. The molecule has 1 heterocycles. The Labute approximate surface area is 116 Å². The molecule has 8 heteroatoms. The molecule has 0 aliphatic rings. The van der Waals surface area contributed by atoms with E-state index in [0.717, 1.165) is 0 Å². The van der Waals surface area contributed by atoms with Crippen LogP contribution in [0, 0.1) is 0 Å². The van der Waals surface area contributed by atoms with Crippen LogP contribution in [0.5, 0.6) is 5.88 Å². The van der Waals surface area contributed by atoms with Crippen molar-refractivity contribution in [3.8, 4) is 5.88 Å². The minimum Gasteiger partial charge on any atom is -0.480 e. The Bertz CT molecular complexity index is 440. The number of amides is 1. The first-order chi connectivity index (χ1) is 8.89. The summed E-state index contributed by atoms with van der Waals surface area (Å²) in [5, 5.41) is 0.247. The van der Waals surface area contributed by atoms with Crippen LogP contribution in [0.25, 0.3) is 0 Å². The van der Waals surface area contributed by atoms with E-state index < -0.39 is 18.6 Å². The van der Waals surface area contributed by atoms with E-state index in [1.807, 2.05) is 0 Å². The highest BCUT2D eigenvalue weighted by atomic mass is 79.9. The summed E-state index contributed by atoms with van der Waals surface area (Å²) in [6, 6.07) is 2.85. The summed E-state index contributed by atoms with van der Waals surface area (Å²) in [6.45, 7) is -1.37. The molecule has 0 aliphatic heterocycles. The Morgan fingerprint density at radius 2 is 2.21 bits per heavy atom. The maximum Gasteiger partial charge on any atom is 0.406 e. The minimum atomic E-state index is -4.45. The van der Waals surface area contributed by atoms with Crippen LogP contribution in [-0.2, 0) is 0 Å². The quantitative estimate of drug-likeness (QED) is 0.773. The normalized spacial score (nSPS) is 11.2. The predicted octanol–water partition coefficient (Wildman–Crippen LogP) is 2.49. The first-order valence-corrected chi connectivity index (χ1v) is 6.42. The van der Waals surface area contributed by atoms with Crippen molar-refractivity contribution >= 4 is 21.8 Å². The lowest BCUT2D eigenvalue weighted by molar-refractivity contribution is -0.140. The van der Waals surface area contributed by atoms with Gasteiger partial charge in [-0.25, -0.2) is 4.98 Å². The molecule has 0 spiro atoms. The van der Waals surface area contributed by atoms with E-state index in [1.165, 1.54) is 25.4 Å². The standard InChI is InChI=1S/C11H12BrF3N2O2/c1-19-9-8(3-2-5-16-9)10(18)17(6-4-12)7-11(13,14)15/h2-3,5H,4,6-7H2,1H3. The fraction of sp³-hybridized carbons (Fsp3) is 0.455. The highest BCUT2D eigenvalue weighted by Gasteiger charge is 2.33. The van der Waals surface area contributed by atoms with Gasteiger partial charge in [-0.05, 0) is 12.1 Å². The van der Waals surface area contributed by atoms with Crippen molar-refractivity contribution in [1.82, 2.24) is 9.88 Å². The largest absolute Gasteiger partial charge is 0.480 e. The van der Waals surface area contributed by atoms with Gasteiger partial charge in [0.25, 0.3) is 5.91 Å². The highest BCUT2D eigenvalue weighted by molar-refractivity contribution is 9.09. The summed E-state index contributed by atoms with van der Waals surface area (Å²) in [6.07, 6.45) is -3.05. The molecule has 1 amide bonds. The van der Waals surface area contributed by atoms with E-state index in [2.05, 4.69) is 20.9 Å². The van der Waals surface area contributed by atoms with Gasteiger partial charge >= 0.3 is 6.18 Å². The third kappa shape index (κ3) is 4.70. The van der Waals surface area contributed by atoms with Gasteiger partial charge in [-0.1, -0.05) is 15.9 Å². The fourth-order valence-electron chi connectivity index (χ4n) is 1.46. The molecule has 0 aliphatic carbocycles. The van der Waals surface area contributed by atoms with Gasteiger partial charge in [0.1, 0.15) is 12.1 Å². The van der Waals surface area contributed by atoms with Crippen molar-refractivity contribution in [3.63, 3.8) is 0 Å². The van der Waals surface area contributed by atoms with E-state index in [4.69, 9.17) is 4.74 Å². The second-order valence-corrected chi connectivity index (χ2v) is 4.38. The van der Waals surface area contributed by atoms with Gasteiger partial charge in [0.15, 0.2) is 0 Å². The summed E-state index contributed by atoms with van der Waals surface area (Å²) in [5.74, 6) is -0.754. The maximum atomic E-state index is 12.4. The summed E-state index contributed by atoms with van der Waals surface area (Å²) in [7, 11) is 1.30. The van der Waals surface area contributed by atoms with Crippen molar-refractivity contribution in [2.45, 2.75) is 6.18 Å². The Balaban J connectivity index is 2.99. The number of nitrogens with zero attached hydrogens (tertiary/aromatic N) is 2. The number of methoxy groups -OCH3 is 1. The van der Waals surface area contributed by atoms with Crippen molar-refractivity contribution in [1.29, 1.82) is 0 Å². The van der Waals surface area contributed by atoms with Gasteiger partial charge in [0, 0.05) is 18.1 Å². The van der Waals surface area contributed by atoms with Crippen molar-refractivity contribution in [2.24, 2.45) is 0 Å². The van der Waals surface area contributed by atoms with Crippen molar-refractivity contribution in [3.05, 3.63) is 23.9 Å². The SMILES string of the molecule is COc1ncccc1C(=O)N(CCBr)CC(F)(F)F. The van der Waals surface area contributed by atoms with Crippen LogP contribution in [0.2, 0.25) is 0 Å². The number of ether oxygens (including phenoxy) is 1. The van der Waals surface area contributed by atoms with Gasteiger partial charge in [-0.3, -0.25) is 4.79 Å². The summed E-state index contributed by atoms with van der Waals surface area (Å²) >= 11 is 3.03. The average Bonchev–Trinajstić information content (AvgIpc) is 2.36. The Hall–Kier alpha value is -1.31. The highest BCUT2D eigenvalue weighted by Crippen LogP contribution is 2.21. The molecule has 4 nitrogen and oxygen atoms in total. The lowest BCUT2D eigenvalue weighted by Gasteiger charge is -2.23. The molecule has 1 aromatic heterocycles. The number of rotatable bonds is 5. The second kappa shape index (κ2) is 6.74. The Morgan fingerprint density at radius 1 is 1.53 bits per heavy atom. The lowest BCUT2D eigenvalue weighted by atomic mass is 10.2. The van der Waals surface area contributed by atoms with Crippen molar-refractivity contribution < 1.29 is 22.7 Å². The van der Waals surface area contributed by atoms with E-state index in [1.54, 1.807) is 0 Å². The van der Waals surface area contributed by atoms with Gasteiger partial charge < -0.3 is 9.64 Å². The average molecular weight is 341 g/mol. The number of pyridine rings is 1. The number of halogens is 4. The number of carbonyl (C=O) groups excluding carboxylic acids is 1. The molecule has 0 saturated heterocycles. The zero-order valence-electron chi connectivity index (χ0n) is 10.1. The van der Waals surface area contributed by atoms with Crippen LogP contribution in [0.4, 0.5) is 13.2 Å². The molecule has 19 heavy (non-hydrogen) atoms. The molecule has 1 aromatic rings. The number of aromatic nitrogens is 1. The van der Waals surface area contributed by atoms with Gasteiger partial charge in [-0.15, -0.1) is 0 Å². The molecule has 0 fully saturated rings. The molecule has 0 N–H and O–H groups in total. The molecule has 0 radical (unpaired) electrons. The van der Waals surface area contributed by atoms with E-state index in [9.17, 15) is 18.0 Å². The molecule has 0 aromatic carbocycles. The first-order valence-electron chi connectivity index (χ1n) is 5.30. The predicted molar refractivity (Wildman–Crippen MR) is 66.5 cm³/mol. The minimum absolute atomic E-state index is 0.00856. The smallest absolute Gasteiger partial charge is 0.406 e. The molecule has 0 saturated carbocycles. The number of alkyl halides is 4. The second-order valence-electron chi connectivity index (χ2n) is 3.59. The van der Waals surface area contributed by atoms with Gasteiger partial charge in [0.05, 0.1) is 7.11 Å². The van der Waals surface area contributed by atoms with E-state index >= 15 is 0 Å². The van der Waals surface area contributed by atoms with E-state index in [0.29, 0.717) is 4.90 Å². The molecular formula is C11H12BrF3N2O2. The maximum absolute atomic E-state index is 12.4. The number of hydrogen-bond acceptors (Lipinski definition) is 3. The number of hydrogen-bond donors (Lipinski definition) is 0. The van der Waals surface area contributed by atoms with Crippen LogP contribution in [0.1, 0.15) is 10.4 Å². The third-order valence-corrected chi connectivity index (χ3v) is 2.56. The molecular weight excluding hydrogens is 329 g/mol. The monoisotopic (exact) mass is 340 g/mol. The molecule has 1 rings (SSSR count). The van der Waals surface area contributed by atoms with Crippen LogP contribution in [0.3, 0.4) is 0 Å². The number of carbonyl (C=O) groups is 1. The Kier molecular flexibility index (Phi) is 5.59. The third-order valence-electron chi connectivity index (χ3n) is 2.21. The van der Waals surface area contributed by atoms with Crippen LogP contribution < -0.4 is 4.74 Å². The van der Waals surface area contributed by atoms with Crippen LogP contribution >= 0.6 is 15.9 Å². The summed E-state index contributed by atoms with van der Waals surface area (Å²) in [5.41, 5.74) is 0.00944. The zero-order chi connectivity index (χ0) is 14.5.